The Morgan fingerprint density at radius 2 is 1.89 bits per heavy atom. The van der Waals surface area contributed by atoms with Crippen LogP contribution in [-0.4, -0.2) is 69.6 Å². The summed E-state index contributed by atoms with van der Waals surface area (Å²) < 4.78 is 8.77. The number of hydrogen-bond acceptors (Lipinski definition) is 5. The van der Waals surface area contributed by atoms with Crippen molar-refractivity contribution >= 4 is 22.7 Å². The molecule has 0 radical (unpaired) electrons. The van der Waals surface area contributed by atoms with E-state index in [4.69, 9.17) is 9.84 Å². The summed E-state index contributed by atoms with van der Waals surface area (Å²) in [5, 5.41) is 12.9. The molecule has 2 amide bonds. The first-order chi connectivity index (χ1) is 18.0. The van der Waals surface area contributed by atoms with Gasteiger partial charge in [-0.25, -0.2) is 4.68 Å². The van der Waals surface area contributed by atoms with Crippen LogP contribution in [0.4, 0.5) is 0 Å². The van der Waals surface area contributed by atoms with E-state index in [1.807, 2.05) is 71.4 Å². The molecular weight excluding hydrogens is 468 g/mol. The van der Waals surface area contributed by atoms with Gasteiger partial charge < -0.3 is 15.0 Å². The Morgan fingerprint density at radius 3 is 2.59 bits per heavy atom. The lowest BCUT2D eigenvalue weighted by molar-refractivity contribution is 0.0681. The van der Waals surface area contributed by atoms with Gasteiger partial charge in [-0.1, -0.05) is 0 Å². The number of nitrogens with zero attached hydrogens (tertiary/aromatic N) is 5. The SMILES string of the molecule is COCCNC(=O)c1ccc2nn(CC3CCN(C(=O)c4ccc(-n5cccn5)cc4)CC3)cc2c1C. The molecule has 1 aliphatic heterocycles. The van der Waals surface area contributed by atoms with Gasteiger partial charge in [0.2, 0.25) is 0 Å². The van der Waals surface area contributed by atoms with Crippen LogP contribution in [-0.2, 0) is 11.3 Å². The second kappa shape index (κ2) is 11.0. The summed E-state index contributed by atoms with van der Waals surface area (Å²) in [6.07, 6.45) is 7.51. The highest BCUT2D eigenvalue weighted by atomic mass is 16.5. The standard InChI is InChI=1S/C28H32N6O3/c1-20-24(27(35)29-13-17-37-2)8-9-26-25(20)19-33(31-26)18-21-10-15-32(16-11-21)28(36)22-4-6-23(7-5-22)34-14-3-12-30-34/h3-9,12,14,19,21H,10-11,13,15-18H2,1-2H3,(H,29,35). The van der Waals surface area contributed by atoms with Gasteiger partial charge in [-0.2, -0.15) is 10.2 Å². The quantitative estimate of drug-likeness (QED) is 0.374. The summed E-state index contributed by atoms with van der Waals surface area (Å²) in [6, 6.07) is 13.2. The number of benzene rings is 2. The largest absolute Gasteiger partial charge is 0.383 e. The van der Waals surface area contributed by atoms with Gasteiger partial charge in [0, 0.05) is 68.4 Å². The third kappa shape index (κ3) is 5.41. The van der Waals surface area contributed by atoms with Crippen molar-refractivity contribution in [2.45, 2.75) is 26.3 Å². The highest BCUT2D eigenvalue weighted by Gasteiger charge is 2.24. The van der Waals surface area contributed by atoms with Crippen molar-refractivity contribution in [3.05, 3.63) is 77.7 Å². The molecule has 5 rings (SSSR count). The fourth-order valence-corrected chi connectivity index (χ4v) is 4.93. The number of rotatable bonds is 8. The number of aryl methyl sites for hydroxylation is 1. The molecule has 0 aliphatic carbocycles. The highest BCUT2D eigenvalue weighted by Crippen LogP contribution is 2.25. The van der Waals surface area contributed by atoms with Crippen LogP contribution >= 0.6 is 0 Å². The Bertz CT molecular complexity index is 1370. The smallest absolute Gasteiger partial charge is 0.253 e. The predicted molar refractivity (Wildman–Crippen MR) is 141 cm³/mol. The second-order valence-corrected chi connectivity index (χ2v) is 9.50. The Hall–Kier alpha value is -3.98. The monoisotopic (exact) mass is 500 g/mol. The molecule has 1 aliphatic rings. The maximum absolute atomic E-state index is 13.0. The molecule has 3 heterocycles. The molecule has 0 spiro atoms. The van der Waals surface area contributed by atoms with E-state index >= 15 is 0 Å². The number of carbonyl (C=O) groups is 2. The zero-order valence-corrected chi connectivity index (χ0v) is 21.3. The summed E-state index contributed by atoms with van der Waals surface area (Å²) in [7, 11) is 1.61. The summed E-state index contributed by atoms with van der Waals surface area (Å²) in [6.45, 7) is 5.18. The average molecular weight is 501 g/mol. The number of methoxy groups -OCH3 is 1. The maximum atomic E-state index is 13.0. The van der Waals surface area contributed by atoms with Gasteiger partial charge in [0.05, 0.1) is 17.8 Å². The summed E-state index contributed by atoms with van der Waals surface area (Å²) in [4.78, 5) is 27.5. The molecule has 0 atom stereocenters. The molecule has 1 saturated heterocycles. The Balaban J connectivity index is 1.18. The lowest BCUT2D eigenvalue weighted by atomic mass is 9.96. The van der Waals surface area contributed by atoms with Gasteiger partial charge >= 0.3 is 0 Å². The third-order valence-corrected chi connectivity index (χ3v) is 7.07. The van der Waals surface area contributed by atoms with Gasteiger partial charge in [0.25, 0.3) is 11.8 Å². The van der Waals surface area contributed by atoms with Crippen LogP contribution in [0.25, 0.3) is 16.6 Å². The van der Waals surface area contributed by atoms with E-state index in [-0.39, 0.29) is 11.8 Å². The first-order valence-corrected chi connectivity index (χ1v) is 12.7. The second-order valence-electron chi connectivity index (χ2n) is 9.50. The van der Waals surface area contributed by atoms with Crippen molar-refractivity contribution in [2.24, 2.45) is 5.92 Å². The van der Waals surface area contributed by atoms with Gasteiger partial charge in [-0.3, -0.25) is 14.3 Å². The molecule has 37 heavy (non-hydrogen) atoms. The summed E-state index contributed by atoms with van der Waals surface area (Å²) in [5.74, 6) is 0.414. The molecule has 1 fully saturated rings. The summed E-state index contributed by atoms with van der Waals surface area (Å²) >= 11 is 0. The first kappa shape index (κ1) is 24.7. The minimum atomic E-state index is -0.0998. The number of hydrogen-bond donors (Lipinski definition) is 1. The minimum Gasteiger partial charge on any atom is -0.383 e. The van der Waals surface area contributed by atoms with Crippen LogP contribution in [0.3, 0.4) is 0 Å². The van der Waals surface area contributed by atoms with Crippen LogP contribution in [0.15, 0.2) is 61.1 Å². The van der Waals surface area contributed by atoms with Crippen molar-refractivity contribution in [3.8, 4) is 5.69 Å². The topological polar surface area (TPSA) is 94.3 Å². The number of ether oxygens (including phenoxy) is 1. The zero-order valence-electron chi connectivity index (χ0n) is 21.3. The molecule has 1 N–H and O–H groups in total. The van der Waals surface area contributed by atoms with E-state index in [2.05, 4.69) is 10.4 Å². The van der Waals surface area contributed by atoms with Gasteiger partial charge in [-0.05, 0) is 73.7 Å². The molecule has 2 aromatic carbocycles. The Labute approximate surface area is 216 Å². The first-order valence-electron chi connectivity index (χ1n) is 12.7. The number of likely N-dealkylation sites (tertiary alicyclic amines) is 1. The van der Waals surface area contributed by atoms with E-state index < -0.39 is 0 Å². The summed E-state index contributed by atoms with van der Waals surface area (Å²) in [5.41, 5.74) is 4.11. The Morgan fingerprint density at radius 1 is 1.11 bits per heavy atom. The average Bonchev–Trinajstić information content (AvgIpc) is 3.60. The van der Waals surface area contributed by atoms with E-state index in [0.29, 0.717) is 30.2 Å². The van der Waals surface area contributed by atoms with Gasteiger partial charge in [0.15, 0.2) is 0 Å². The number of nitrogens with one attached hydrogen (secondary N) is 1. The van der Waals surface area contributed by atoms with Gasteiger partial charge in [-0.15, -0.1) is 0 Å². The fourth-order valence-electron chi connectivity index (χ4n) is 4.93. The molecule has 9 heteroatoms. The van der Waals surface area contributed by atoms with Crippen molar-refractivity contribution in [1.82, 2.24) is 29.8 Å². The van der Waals surface area contributed by atoms with E-state index in [1.54, 1.807) is 18.0 Å². The van der Waals surface area contributed by atoms with Crippen LogP contribution in [0.2, 0.25) is 0 Å². The van der Waals surface area contributed by atoms with Crippen LogP contribution in [0.1, 0.15) is 39.1 Å². The van der Waals surface area contributed by atoms with E-state index in [1.165, 1.54) is 0 Å². The molecular formula is C28H32N6O3. The maximum Gasteiger partial charge on any atom is 0.253 e. The van der Waals surface area contributed by atoms with Crippen LogP contribution in [0, 0.1) is 12.8 Å². The molecule has 9 nitrogen and oxygen atoms in total. The van der Waals surface area contributed by atoms with Crippen molar-refractivity contribution in [1.29, 1.82) is 0 Å². The molecule has 0 unspecified atom stereocenters. The Kier molecular flexibility index (Phi) is 7.32. The third-order valence-electron chi connectivity index (χ3n) is 7.07. The number of carbonyl (C=O) groups excluding carboxylic acids is 2. The molecule has 4 aromatic rings. The van der Waals surface area contributed by atoms with Crippen LogP contribution in [0.5, 0.6) is 0 Å². The zero-order chi connectivity index (χ0) is 25.8. The fraction of sp³-hybridized carbons (Fsp3) is 0.357. The van der Waals surface area contributed by atoms with E-state index in [9.17, 15) is 9.59 Å². The predicted octanol–water partition coefficient (Wildman–Crippen LogP) is 3.46. The van der Waals surface area contributed by atoms with Crippen molar-refractivity contribution in [2.75, 3.05) is 33.4 Å². The van der Waals surface area contributed by atoms with Crippen LogP contribution < -0.4 is 5.32 Å². The molecule has 192 valence electrons. The molecule has 0 saturated carbocycles. The molecule has 2 aromatic heterocycles. The highest BCUT2D eigenvalue weighted by molar-refractivity contribution is 6.00. The lowest BCUT2D eigenvalue weighted by Gasteiger charge is -2.32. The number of aromatic nitrogens is 4. The van der Waals surface area contributed by atoms with Crippen molar-refractivity contribution in [3.63, 3.8) is 0 Å². The minimum absolute atomic E-state index is 0.0715. The van der Waals surface area contributed by atoms with Gasteiger partial charge in [0.1, 0.15) is 0 Å². The number of piperidine rings is 1. The van der Waals surface area contributed by atoms with Crippen molar-refractivity contribution < 1.29 is 14.3 Å². The number of fused-ring (bicyclic) bond motifs is 1. The van der Waals surface area contributed by atoms with E-state index in [0.717, 1.165) is 54.6 Å². The normalized spacial score (nSPS) is 14.3. The lowest BCUT2D eigenvalue weighted by Crippen LogP contribution is -2.39. The molecule has 0 bridgehead atoms. The number of amides is 2.